The highest BCUT2D eigenvalue weighted by molar-refractivity contribution is 5.75. The zero-order valence-electron chi connectivity index (χ0n) is 5.41. The molecule has 0 radical (unpaired) electrons. The third-order valence-corrected chi connectivity index (χ3v) is 1.08. The monoisotopic (exact) mass is 144 g/mol. The van der Waals surface area contributed by atoms with Crippen molar-refractivity contribution in [1.29, 1.82) is 0 Å². The summed E-state index contributed by atoms with van der Waals surface area (Å²) >= 11 is 0. The van der Waals surface area contributed by atoms with E-state index in [1.165, 1.54) is 0 Å². The molecule has 0 N–H and O–H groups in total. The van der Waals surface area contributed by atoms with Gasteiger partial charge in [0.15, 0.2) is 6.10 Å². The molecule has 0 saturated carbocycles. The Morgan fingerprint density at radius 3 is 3.10 bits per heavy atom. The molecule has 1 heterocycles. The van der Waals surface area contributed by atoms with Crippen LogP contribution in [0.5, 0.6) is 0 Å². The zero-order chi connectivity index (χ0) is 7.40. The lowest BCUT2D eigenvalue weighted by Crippen LogP contribution is -2.23. The maximum Gasteiger partial charge on any atom is 0.342 e. The van der Waals surface area contributed by atoms with Gasteiger partial charge in [-0.05, 0) is 0 Å². The molecule has 1 fully saturated rings. The fourth-order valence-electron chi connectivity index (χ4n) is 0.628. The van der Waals surface area contributed by atoms with Gasteiger partial charge >= 0.3 is 5.97 Å². The van der Waals surface area contributed by atoms with Gasteiger partial charge in [-0.1, -0.05) is 6.58 Å². The van der Waals surface area contributed by atoms with Gasteiger partial charge in [0.05, 0.1) is 12.9 Å². The maximum absolute atomic E-state index is 10.7. The quantitative estimate of drug-likeness (QED) is 0.405. The molecule has 1 rings (SSSR count). The number of hydrogen-bond acceptors (Lipinski definition) is 4. The first-order valence-electron chi connectivity index (χ1n) is 2.85. The number of rotatable bonds is 2. The van der Waals surface area contributed by atoms with Gasteiger partial charge in [-0.15, -0.1) is 0 Å². The van der Waals surface area contributed by atoms with Gasteiger partial charge in [0, 0.05) is 0 Å². The average Bonchev–Trinajstić information content (AvgIpc) is 2.38. The second kappa shape index (κ2) is 3.34. The highest BCUT2D eigenvalue weighted by atomic mass is 16.7. The summed E-state index contributed by atoms with van der Waals surface area (Å²) < 4.78 is 14.0. The lowest BCUT2D eigenvalue weighted by molar-refractivity contribution is -0.147. The van der Waals surface area contributed by atoms with Crippen molar-refractivity contribution < 1.29 is 19.0 Å². The molecule has 0 amide bonds. The van der Waals surface area contributed by atoms with Crippen molar-refractivity contribution in [3.05, 3.63) is 12.8 Å². The summed E-state index contributed by atoms with van der Waals surface area (Å²) in [6.07, 6.45) is 0.502. The predicted octanol–water partition coefficient (Wildman–Crippen LogP) is 0.0460. The van der Waals surface area contributed by atoms with Gasteiger partial charge in [-0.25, -0.2) is 4.79 Å². The van der Waals surface area contributed by atoms with Crippen molar-refractivity contribution in [2.75, 3.05) is 13.4 Å². The molecule has 4 nitrogen and oxygen atoms in total. The standard InChI is InChI=1S/C6H8O4/c1-2-9-6(7)5-3-8-4-10-5/h2,5H,1,3-4H2. The molecular formula is C6H8O4. The summed E-state index contributed by atoms with van der Waals surface area (Å²) in [6.45, 7) is 3.67. The van der Waals surface area contributed by atoms with Gasteiger partial charge in [0.2, 0.25) is 0 Å². The summed E-state index contributed by atoms with van der Waals surface area (Å²) in [6, 6.07) is 0. The van der Waals surface area contributed by atoms with E-state index in [0.717, 1.165) is 6.26 Å². The molecule has 0 aromatic heterocycles. The van der Waals surface area contributed by atoms with Crippen LogP contribution in [0.1, 0.15) is 0 Å². The molecule has 1 saturated heterocycles. The number of esters is 1. The SMILES string of the molecule is C=COC(=O)C1COCO1. The maximum atomic E-state index is 10.7. The minimum atomic E-state index is -0.571. The summed E-state index contributed by atoms with van der Waals surface area (Å²) in [5, 5.41) is 0. The third kappa shape index (κ3) is 1.55. The van der Waals surface area contributed by atoms with Crippen molar-refractivity contribution in [3.63, 3.8) is 0 Å². The topological polar surface area (TPSA) is 44.8 Å². The van der Waals surface area contributed by atoms with E-state index in [2.05, 4.69) is 11.3 Å². The van der Waals surface area contributed by atoms with Crippen LogP contribution in [-0.4, -0.2) is 25.5 Å². The molecule has 1 aliphatic heterocycles. The van der Waals surface area contributed by atoms with Crippen LogP contribution >= 0.6 is 0 Å². The van der Waals surface area contributed by atoms with E-state index < -0.39 is 12.1 Å². The summed E-state index contributed by atoms with van der Waals surface area (Å²) in [5.41, 5.74) is 0. The van der Waals surface area contributed by atoms with E-state index in [0.29, 0.717) is 0 Å². The Hall–Kier alpha value is -0.870. The lowest BCUT2D eigenvalue weighted by atomic mass is 10.4. The van der Waals surface area contributed by atoms with Gasteiger partial charge in [-0.3, -0.25) is 0 Å². The van der Waals surface area contributed by atoms with Crippen LogP contribution in [0.2, 0.25) is 0 Å². The van der Waals surface area contributed by atoms with Crippen LogP contribution < -0.4 is 0 Å². The summed E-state index contributed by atoms with van der Waals surface area (Å²) in [7, 11) is 0. The minimum Gasteiger partial charge on any atom is -0.433 e. The normalized spacial score (nSPS) is 24.2. The van der Waals surface area contributed by atoms with Crippen LogP contribution in [0.25, 0.3) is 0 Å². The Bertz CT molecular complexity index is 137. The van der Waals surface area contributed by atoms with Gasteiger partial charge in [0.25, 0.3) is 0 Å². The van der Waals surface area contributed by atoms with Gasteiger partial charge in [-0.2, -0.15) is 0 Å². The number of carbonyl (C=O) groups is 1. The fourth-order valence-corrected chi connectivity index (χ4v) is 0.628. The molecule has 4 heteroatoms. The smallest absolute Gasteiger partial charge is 0.342 e. The Kier molecular flexibility index (Phi) is 2.42. The summed E-state index contributed by atoms with van der Waals surface area (Å²) in [4.78, 5) is 10.7. The van der Waals surface area contributed by atoms with E-state index in [-0.39, 0.29) is 13.4 Å². The predicted molar refractivity (Wildman–Crippen MR) is 32.0 cm³/mol. The molecule has 10 heavy (non-hydrogen) atoms. The van der Waals surface area contributed by atoms with Gasteiger partial charge in [0.1, 0.15) is 6.79 Å². The highest BCUT2D eigenvalue weighted by Gasteiger charge is 2.25. The fraction of sp³-hybridized carbons (Fsp3) is 0.500. The molecule has 0 aliphatic carbocycles. The zero-order valence-corrected chi connectivity index (χ0v) is 5.41. The molecule has 0 aromatic rings. The minimum absolute atomic E-state index is 0.164. The molecule has 1 aliphatic rings. The molecule has 1 atom stereocenters. The van der Waals surface area contributed by atoms with Crippen molar-refractivity contribution in [2.24, 2.45) is 0 Å². The molecule has 0 spiro atoms. The number of ether oxygens (including phenoxy) is 3. The Balaban J connectivity index is 2.32. The molecular weight excluding hydrogens is 136 g/mol. The van der Waals surface area contributed by atoms with Crippen molar-refractivity contribution in [1.82, 2.24) is 0 Å². The lowest BCUT2D eigenvalue weighted by Gasteiger charge is -2.02. The van der Waals surface area contributed by atoms with E-state index >= 15 is 0 Å². The van der Waals surface area contributed by atoms with Crippen LogP contribution in [0.4, 0.5) is 0 Å². The van der Waals surface area contributed by atoms with Crippen LogP contribution in [0.3, 0.4) is 0 Å². The van der Waals surface area contributed by atoms with Crippen LogP contribution in [0.15, 0.2) is 12.8 Å². The van der Waals surface area contributed by atoms with Crippen molar-refractivity contribution in [3.8, 4) is 0 Å². The van der Waals surface area contributed by atoms with E-state index in [1.54, 1.807) is 0 Å². The Labute approximate surface area is 58.4 Å². The first-order valence-corrected chi connectivity index (χ1v) is 2.85. The van der Waals surface area contributed by atoms with E-state index in [4.69, 9.17) is 9.47 Å². The van der Waals surface area contributed by atoms with E-state index in [9.17, 15) is 4.79 Å². The van der Waals surface area contributed by atoms with Gasteiger partial charge < -0.3 is 14.2 Å². The van der Waals surface area contributed by atoms with Crippen molar-refractivity contribution in [2.45, 2.75) is 6.10 Å². The molecule has 56 valence electrons. The first-order chi connectivity index (χ1) is 4.84. The molecule has 1 unspecified atom stereocenters. The Morgan fingerprint density at radius 2 is 2.60 bits per heavy atom. The highest BCUT2D eigenvalue weighted by Crippen LogP contribution is 2.04. The summed E-state index contributed by atoms with van der Waals surface area (Å²) in [5.74, 6) is -0.451. The second-order valence-electron chi connectivity index (χ2n) is 1.75. The number of hydrogen-bond donors (Lipinski definition) is 0. The number of carbonyl (C=O) groups excluding carboxylic acids is 1. The van der Waals surface area contributed by atoms with E-state index in [1.807, 2.05) is 0 Å². The largest absolute Gasteiger partial charge is 0.433 e. The first kappa shape index (κ1) is 7.24. The van der Waals surface area contributed by atoms with Crippen LogP contribution in [0, 0.1) is 0 Å². The second-order valence-corrected chi connectivity index (χ2v) is 1.75. The Morgan fingerprint density at radius 1 is 1.80 bits per heavy atom. The average molecular weight is 144 g/mol. The molecule has 0 aromatic carbocycles. The van der Waals surface area contributed by atoms with Crippen LogP contribution in [-0.2, 0) is 19.0 Å². The third-order valence-electron chi connectivity index (χ3n) is 1.08. The molecule has 0 bridgehead atoms. The van der Waals surface area contributed by atoms with Crippen molar-refractivity contribution >= 4 is 5.97 Å².